The predicted molar refractivity (Wildman–Crippen MR) is 85.5 cm³/mol. The zero-order valence-corrected chi connectivity index (χ0v) is 14.0. The van der Waals surface area contributed by atoms with Crippen LogP contribution in [0.1, 0.15) is 58.6 Å². The maximum atomic E-state index is 10.0. The fourth-order valence-corrected chi connectivity index (χ4v) is 3.06. The Morgan fingerprint density at radius 2 is 1.79 bits per heavy atom. The summed E-state index contributed by atoms with van der Waals surface area (Å²) in [6.07, 6.45) is 3.34. The molecule has 0 fully saturated rings. The molecule has 108 valence electrons. The molecule has 1 aromatic rings. The monoisotopic (exact) mass is 327 g/mol. The van der Waals surface area contributed by atoms with Crippen LogP contribution in [0.3, 0.4) is 0 Å². The van der Waals surface area contributed by atoms with Crippen LogP contribution in [0.15, 0.2) is 22.7 Å². The van der Waals surface area contributed by atoms with E-state index < -0.39 is 0 Å². The van der Waals surface area contributed by atoms with E-state index >= 15 is 0 Å². The third-order valence-electron chi connectivity index (χ3n) is 3.99. The average Bonchev–Trinajstić information content (AvgIpc) is 2.40. The predicted octanol–water partition coefficient (Wildman–Crippen LogP) is 5.02. The van der Waals surface area contributed by atoms with Gasteiger partial charge in [-0.05, 0) is 37.5 Å². The summed E-state index contributed by atoms with van der Waals surface area (Å²) in [7, 11) is 0. The van der Waals surface area contributed by atoms with E-state index in [4.69, 9.17) is 0 Å². The van der Waals surface area contributed by atoms with Crippen LogP contribution in [0.25, 0.3) is 0 Å². The van der Waals surface area contributed by atoms with Gasteiger partial charge in [-0.2, -0.15) is 0 Å². The van der Waals surface area contributed by atoms with E-state index in [0.717, 1.165) is 16.5 Å². The topological polar surface area (TPSA) is 32.3 Å². The van der Waals surface area contributed by atoms with Gasteiger partial charge in [0.2, 0.25) is 0 Å². The summed E-state index contributed by atoms with van der Waals surface area (Å²) in [4.78, 5) is 0. The van der Waals surface area contributed by atoms with Crippen LogP contribution in [0, 0.1) is 5.92 Å². The summed E-state index contributed by atoms with van der Waals surface area (Å²) in [5.74, 6) is 1.06. The van der Waals surface area contributed by atoms with Crippen molar-refractivity contribution in [2.45, 2.75) is 59.0 Å². The Kier molecular flexibility index (Phi) is 6.87. The lowest BCUT2D eigenvalue weighted by atomic mass is 9.93. The molecule has 2 atom stereocenters. The molecule has 1 aromatic carbocycles. The fraction of sp³-hybridized carbons (Fsp3) is 0.625. The Labute approximate surface area is 125 Å². The molecule has 0 spiro atoms. The van der Waals surface area contributed by atoms with Crippen LogP contribution >= 0.6 is 15.9 Å². The van der Waals surface area contributed by atoms with Gasteiger partial charge < -0.3 is 10.4 Å². The molecular weight excluding hydrogens is 302 g/mol. The molecule has 1 rings (SSSR count). The van der Waals surface area contributed by atoms with Gasteiger partial charge in [0.15, 0.2) is 0 Å². The second kappa shape index (κ2) is 7.91. The number of phenolic OH excluding ortho intramolecular Hbond substituents is 1. The summed E-state index contributed by atoms with van der Waals surface area (Å²) in [6.45, 7) is 8.88. The van der Waals surface area contributed by atoms with E-state index in [1.165, 1.54) is 12.8 Å². The molecule has 0 aliphatic heterocycles. The molecule has 2 N–H and O–H groups in total. The van der Waals surface area contributed by atoms with Crippen molar-refractivity contribution < 1.29 is 5.11 Å². The average molecular weight is 328 g/mol. The minimum absolute atomic E-state index is 0.202. The first-order valence-corrected chi connectivity index (χ1v) is 8.07. The molecular formula is C16H26BrNO. The zero-order valence-electron chi connectivity index (χ0n) is 12.4. The molecule has 19 heavy (non-hydrogen) atoms. The molecule has 0 amide bonds. The lowest BCUT2D eigenvalue weighted by molar-refractivity contribution is 0.315. The van der Waals surface area contributed by atoms with Crippen molar-refractivity contribution >= 4 is 15.9 Å². The second-order valence-electron chi connectivity index (χ2n) is 5.20. The van der Waals surface area contributed by atoms with Gasteiger partial charge in [0.05, 0.1) is 0 Å². The largest absolute Gasteiger partial charge is 0.508 e. The Bertz CT molecular complexity index is 390. The number of hydrogen-bond acceptors (Lipinski definition) is 2. The quantitative estimate of drug-likeness (QED) is 0.736. The molecule has 0 heterocycles. The molecule has 0 aliphatic carbocycles. The highest BCUT2D eigenvalue weighted by molar-refractivity contribution is 9.10. The van der Waals surface area contributed by atoms with Crippen molar-refractivity contribution in [1.29, 1.82) is 0 Å². The van der Waals surface area contributed by atoms with Gasteiger partial charge in [0.1, 0.15) is 5.75 Å². The first kappa shape index (κ1) is 16.5. The lowest BCUT2D eigenvalue weighted by Crippen LogP contribution is -2.36. The molecule has 2 unspecified atom stereocenters. The van der Waals surface area contributed by atoms with E-state index in [9.17, 15) is 5.11 Å². The standard InChI is InChI=1S/C16H26BrNO/c1-5-12(6-2)11(4)18-15(7-3)14-10-13(17)8-9-16(14)19/h8-12,15,18-19H,5-7H2,1-4H3. The number of halogens is 1. The van der Waals surface area contributed by atoms with E-state index in [1.54, 1.807) is 6.07 Å². The van der Waals surface area contributed by atoms with Gasteiger partial charge in [-0.1, -0.05) is 49.5 Å². The summed E-state index contributed by atoms with van der Waals surface area (Å²) >= 11 is 3.48. The van der Waals surface area contributed by atoms with Gasteiger partial charge in [-0.25, -0.2) is 0 Å². The first-order chi connectivity index (χ1) is 9.03. The molecule has 0 saturated carbocycles. The summed E-state index contributed by atoms with van der Waals surface area (Å²) in [5.41, 5.74) is 0.981. The van der Waals surface area contributed by atoms with Crippen molar-refractivity contribution in [2.75, 3.05) is 0 Å². The lowest BCUT2D eigenvalue weighted by Gasteiger charge is -2.28. The molecule has 2 nitrogen and oxygen atoms in total. The number of aromatic hydroxyl groups is 1. The number of rotatable bonds is 7. The number of phenols is 1. The molecule has 3 heteroatoms. The van der Waals surface area contributed by atoms with Crippen molar-refractivity contribution in [2.24, 2.45) is 5.92 Å². The van der Waals surface area contributed by atoms with Gasteiger partial charge in [0, 0.05) is 22.1 Å². The van der Waals surface area contributed by atoms with Crippen molar-refractivity contribution in [3.63, 3.8) is 0 Å². The second-order valence-corrected chi connectivity index (χ2v) is 6.11. The van der Waals surface area contributed by atoms with E-state index in [1.807, 2.05) is 12.1 Å². The minimum atomic E-state index is 0.202. The van der Waals surface area contributed by atoms with Crippen LogP contribution in [0.4, 0.5) is 0 Å². The van der Waals surface area contributed by atoms with Gasteiger partial charge in [-0.3, -0.25) is 0 Å². The van der Waals surface area contributed by atoms with Crippen molar-refractivity contribution in [3.05, 3.63) is 28.2 Å². The molecule has 0 aromatic heterocycles. The maximum Gasteiger partial charge on any atom is 0.120 e. The Hall–Kier alpha value is -0.540. The Morgan fingerprint density at radius 3 is 2.32 bits per heavy atom. The summed E-state index contributed by atoms with van der Waals surface area (Å²) < 4.78 is 1.01. The number of hydrogen-bond donors (Lipinski definition) is 2. The summed E-state index contributed by atoms with van der Waals surface area (Å²) in [6, 6.07) is 6.30. The minimum Gasteiger partial charge on any atom is -0.508 e. The normalized spacial score (nSPS) is 14.6. The van der Waals surface area contributed by atoms with E-state index in [2.05, 4.69) is 48.9 Å². The van der Waals surface area contributed by atoms with Crippen molar-refractivity contribution in [1.82, 2.24) is 5.32 Å². The molecule has 0 bridgehead atoms. The highest BCUT2D eigenvalue weighted by Crippen LogP contribution is 2.30. The third kappa shape index (κ3) is 4.50. The van der Waals surface area contributed by atoms with Crippen LogP contribution in [-0.4, -0.2) is 11.1 Å². The van der Waals surface area contributed by atoms with Crippen LogP contribution < -0.4 is 5.32 Å². The van der Waals surface area contributed by atoms with Gasteiger partial charge in [-0.15, -0.1) is 0 Å². The van der Waals surface area contributed by atoms with Crippen LogP contribution in [-0.2, 0) is 0 Å². The van der Waals surface area contributed by atoms with Gasteiger partial charge >= 0.3 is 0 Å². The highest BCUT2D eigenvalue weighted by Gasteiger charge is 2.20. The molecule has 0 saturated heterocycles. The van der Waals surface area contributed by atoms with E-state index in [0.29, 0.717) is 17.7 Å². The number of nitrogens with one attached hydrogen (secondary N) is 1. The molecule has 0 aliphatic rings. The highest BCUT2D eigenvalue weighted by atomic mass is 79.9. The third-order valence-corrected chi connectivity index (χ3v) is 4.49. The first-order valence-electron chi connectivity index (χ1n) is 7.27. The Morgan fingerprint density at radius 1 is 1.16 bits per heavy atom. The summed E-state index contributed by atoms with van der Waals surface area (Å²) in [5, 5.41) is 13.7. The zero-order chi connectivity index (χ0) is 14.4. The van der Waals surface area contributed by atoms with Crippen LogP contribution in [0.2, 0.25) is 0 Å². The number of benzene rings is 1. The van der Waals surface area contributed by atoms with E-state index in [-0.39, 0.29) is 6.04 Å². The fourth-order valence-electron chi connectivity index (χ4n) is 2.68. The van der Waals surface area contributed by atoms with Crippen LogP contribution in [0.5, 0.6) is 5.75 Å². The van der Waals surface area contributed by atoms with Gasteiger partial charge in [0.25, 0.3) is 0 Å². The maximum absolute atomic E-state index is 10.0. The smallest absolute Gasteiger partial charge is 0.120 e. The molecule has 0 radical (unpaired) electrons. The van der Waals surface area contributed by atoms with Crippen molar-refractivity contribution in [3.8, 4) is 5.75 Å². The SMILES string of the molecule is CCC(NC(C)C(CC)CC)c1cc(Br)ccc1O. The Balaban J connectivity index is 2.86.